The second-order valence-electron chi connectivity index (χ2n) is 5.74. The van der Waals surface area contributed by atoms with Crippen LogP contribution in [0.15, 0.2) is 0 Å². The molecule has 0 bridgehead atoms. The Balaban J connectivity index is 2.05. The lowest BCUT2D eigenvalue weighted by Gasteiger charge is -2.15. The normalized spacial score (nSPS) is 18.6. The zero-order valence-corrected chi connectivity index (χ0v) is 13.0. The maximum absolute atomic E-state index is 11.8. The number of esters is 1. The lowest BCUT2D eigenvalue weighted by molar-refractivity contribution is -0.145. The molecule has 0 aromatic rings. The van der Waals surface area contributed by atoms with Crippen LogP contribution in [0.5, 0.6) is 0 Å². The molecule has 1 aliphatic rings. The SMILES string of the molecule is CCCCCCCCCCN1CC(C(=O)OC)CC1=O. The van der Waals surface area contributed by atoms with Crippen LogP contribution in [0.1, 0.15) is 64.7 Å². The zero-order valence-electron chi connectivity index (χ0n) is 13.0. The first-order chi connectivity index (χ1) is 9.69. The van der Waals surface area contributed by atoms with Crippen molar-refractivity contribution >= 4 is 11.9 Å². The molecule has 1 fully saturated rings. The van der Waals surface area contributed by atoms with Gasteiger partial charge in [0.1, 0.15) is 0 Å². The first kappa shape index (κ1) is 17.0. The molecular weight excluding hydrogens is 254 g/mol. The van der Waals surface area contributed by atoms with E-state index in [2.05, 4.69) is 6.92 Å². The Morgan fingerprint density at radius 2 is 1.75 bits per heavy atom. The highest BCUT2D eigenvalue weighted by Gasteiger charge is 2.34. The number of unbranched alkanes of at least 4 members (excludes halogenated alkanes) is 7. The van der Waals surface area contributed by atoms with Gasteiger partial charge in [0.05, 0.1) is 13.0 Å². The molecular formula is C16H29NO3. The van der Waals surface area contributed by atoms with Crippen molar-refractivity contribution in [2.24, 2.45) is 5.92 Å². The molecule has 1 unspecified atom stereocenters. The number of carbonyl (C=O) groups excluding carboxylic acids is 2. The summed E-state index contributed by atoms with van der Waals surface area (Å²) in [5, 5.41) is 0. The Hall–Kier alpha value is -1.06. The lowest BCUT2D eigenvalue weighted by atomic mass is 10.1. The van der Waals surface area contributed by atoms with Gasteiger partial charge in [-0.2, -0.15) is 0 Å². The van der Waals surface area contributed by atoms with Crippen molar-refractivity contribution in [3.63, 3.8) is 0 Å². The van der Waals surface area contributed by atoms with Crippen molar-refractivity contribution in [2.75, 3.05) is 20.2 Å². The van der Waals surface area contributed by atoms with Gasteiger partial charge in [-0.1, -0.05) is 51.9 Å². The Labute approximate surface area is 122 Å². The average Bonchev–Trinajstić information content (AvgIpc) is 2.82. The van der Waals surface area contributed by atoms with Crippen LogP contribution in [0.2, 0.25) is 0 Å². The van der Waals surface area contributed by atoms with E-state index in [1.165, 1.54) is 52.1 Å². The van der Waals surface area contributed by atoms with Crippen molar-refractivity contribution in [1.82, 2.24) is 4.90 Å². The largest absolute Gasteiger partial charge is 0.469 e. The second kappa shape index (κ2) is 9.78. The van der Waals surface area contributed by atoms with Crippen LogP contribution in [0.4, 0.5) is 0 Å². The summed E-state index contributed by atoms with van der Waals surface area (Å²) in [5.74, 6) is -0.401. The summed E-state index contributed by atoms with van der Waals surface area (Å²) in [5.41, 5.74) is 0. The molecule has 1 rings (SSSR count). The van der Waals surface area contributed by atoms with E-state index in [-0.39, 0.29) is 17.8 Å². The van der Waals surface area contributed by atoms with Crippen LogP contribution in [0, 0.1) is 5.92 Å². The number of hydrogen-bond acceptors (Lipinski definition) is 3. The number of nitrogens with zero attached hydrogens (tertiary/aromatic N) is 1. The summed E-state index contributed by atoms with van der Waals surface area (Å²) in [6, 6.07) is 0. The summed E-state index contributed by atoms with van der Waals surface area (Å²) in [7, 11) is 1.38. The second-order valence-corrected chi connectivity index (χ2v) is 5.74. The van der Waals surface area contributed by atoms with Gasteiger partial charge in [0, 0.05) is 19.5 Å². The highest BCUT2D eigenvalue weighted by Crippen LogP contribution is 2.19. The molecule has 0 saturated carbocycles. The maximum atomic E-state index is 11.8. The molecule has 0 aromatic carbocycles. The van der Waals surface area contributed by atoms with Crippen LogP contribution in [0.3, 0.4) is 0 Å². The number of ether oxygens (including phenoxy) is 1. The highest BCUT2D eigenvalue weighted by molar-refractivity contribution is 5.86. The van der Waals surface area contributed by atoms with Crippen molar-refractivity contribution in [1.29, 1.82) is 0 Å². The molecule has 1 atom stereocenters. The first-order valence-electron chi connectivity index (χ1n) is 8.04. The minimum Gasteiger partial charge on any atom is -0.469 e. The molecule has 1 heterocycles. The van der Waals surface area contributed by atoms with Crippen molar-refractivity contribution in [3.05, 3.63) is 0 Å². The van der Waals surface area contributed by atoms with Gasteiger partial charge in [-0.3, -0.25) is 9.59 Å². The lowest BCUT2D eigenvalue weighted by Crippen LogP contribution is -2.27. The van der Waals surface area contributed by atoms with E-state index >= 15 is 0 Å². The van der Waals surface area contributed by atoms with Gasteiger partial charge in [0.25, 0.3) is 0 Å². The van der Waals surface area contributed by atoms with E-state index in [0.29, 0.717) is 13.0 Å². The van der Waals surface area contributed by atoms with Gasteiger partial charge in [-0.15, -0.1) is 0 Å². The predicted molar refractivity (Wildman–Crippen MR) is 79.3 cm³/mol. The quantitative estimate of drug-likeness (QED) is 0.457. The number of hydrogen-bond donors (Lipinski definition) is 0. The monoisotopic (exact) mass is 283 g/mol. The molecule has 0 N–H and O–H groups in total. The summed E-state index contributed by atoms with van der Waals surface area (Å²) in [6.45, 7) is 3.57. The fourth-order valence-corrected chi connectivity index (χ4v) is 2.75. The molecule has 4 heteroatoms. The molecule has 1 amide bonds. The molecule has 0 aliphatic carbocycles. The van der Waals surface area contributed by atoms with Crippen LogP contribution in [-0.2, 0) is 14.3 Å². The van der Waals surface area contributed by atoms with Crippen molar-refractivity contribution in [3.8, 4) is 0 Å². The molecule has 0 radical (unpaired) electrons. The van der Waals surface area contributed by atoms with Crippen molar-refractivity contribution in [2.45, 2.75) is 64.7 Å². The van der Waals surface area contributed by atoms with E-state index in [4.69, 9.17) is 4.74 Å². The Kier molecular flexibility index (Phi) is 8.31. The summed E-state index contributed by atoms with van der Waals surface area (Å²) in [4.78, 5) is 25.0. The maximum Gasteiger partial charge on any atom is 0.310 e. The van der Waals surface area contributed by atoms with Gasteiger partial charge in [0.15, 0.2) is 0 Å². The Morgan fingerprint density at radius 1 is 1.15 bits per heavy atom. The third kappa shape index (κ3) is 5.93. The van der Waals surface area contributed by atoms with E-state index in [0.717, 1.165) is 13.0 Å². The number of rotatable bonds is 10. The average molecular weight is 283 g/mol. The minimum atomic E-state index is -0.253. The topological polar surface area (TPSA) is 46.6 Å². The smallest absolute Gasteiger partial charge is 0.310 e. The van der Waals surface area contributed by atoms with Gasteiger partial charge < -0.3 is 9.64 Å². The van der Waals surface area contributed by atoms with E-state index < -0.39 is 0 Å². The molecule has 1 saturated heterocycles. The molecule has 20 heavy (non-hydrogen) atoms. The van der Waals surface area contributed by atoms with Gasteiger partial charge in [0.2, 0.25) is 5.91 Å². The standard InChI is InChI=1S/C16H29NO3/c1-3-4-5-6-7-8-9-10-11-17-13-14(12-15(17)18)16(19)20-2/h14H,3-13H2,1-2H3. The van der Waals surface area contributed by atoms with Crippen LogP contribution >= 0.6 is 0 Å². The van der Waals surface area contributed by atoms with E-state index in [1.54, 1.807) is 0 Å². The van der Waals surface area contributed by atoms with Crippen LogP contribution in [0.25, 0.3) is 0 Å². The number of likely N-dealkylation sites (tertiary alicyclic amines) is 1. The zero-order chi connectivity index (χ0) is 14.8. The summed E-state index contributed by atoms with van der Waals surface area (Å²) in [6.07, 6.45) is 10.4. The van der Waals surface area contributed by atoms with Crippen LogP contribution in [-0.4, -0.2) is 37.0 Å². The Morgan fingerprint density at radius 3 is 2.35 bits per heavy atom. The third-order valence-corrected chi connectivity index (χ3v) is 4.03. The first-order valence-corrected chi connectivity index (χ1v) is 8.04. The number of carbonyl (C=O) groups is 2. The molecule has 0 aromatic heterocycles. The third-order valence-electron chi connectivity index (χ3n) is 4.03. The highest BCUT2D eigenvalue weighted by atomic mass is 16.5. The summed E-state index contributed by atoms with van der Waals surface area (Å²) < 4.78 is 4.70. The predicted octanol–water partition coefficient (Wildman–Crippen LogP) is 3.15. The fourth-order valence-electron chi connectivity index (χ4n) is 2.75. The van der Waals surface area contributed by atoms with E-state index in [1.807, 2.05) is 4.90 Å². The molecule has 0 spiro atoms. The van der Waals surface area contributed by atoms with Crippen molar-refractivity contribution < 1.29 is 14.3 Å². The van der Waals surface area contributed by atoms with Gasteiger partial charge >= 0.3 is 5.97 Å². The van der Waals surface area contributed by atoms with Gasteiger partial charge in [-0.05, 0) is 6.42 Å². The van der Waals surface area contributed by atoms with Crippen LogP contribution < -0.4 is 0 Å². The van der Waals surface area contributed by atoms with E-state index in [9.17, 15) is 9.59 Å². The number of amides is 1. The van der Waals surface area contributed by atoms with Gasteiger partial charge in [-0.25, -0.2) is 0 Å². The molecule has 116 valence electrons. The number of methoxy groups -OCH3 is 1. The summed E-state index contributed by atoms with van der Waals surface area (Å²) >= 11 is 0. The minimum absolute atomic E-state index is 0.100. The fraction of sp³-hybridized carbons (Fsp3) is 0.875. The molecule has 4 nitrogen and oxygen atoms in total. The molecule has 1 aliphatic heterocycles. The Bertz CT molecular complexity index is 304.